The fraction of sp³-hybridized carbons (Fsp3) is 0.0909. The van der Waals surface area contributed by atoms with E-state index >= 15 is 0 Å². The Morgan fingerprint density at radius 3 is 2.62 bits per heavy atom. The lowest BCUT2D eigenvalue weighted by molar-refractivity contribution is 0.490. The number of rotatable bonds is 2. The molecule has 0 fully saturated rings. The van der Waals surface area contributed by atoms with Crippen molar-refractivity contribution in [2.75, 3.05) is 7.11 Å². The van der Waals surface area contributed by atoms with Crippen LogP contribution in [0.2, 0.25) is 0 Å². The Hall–Kier alpha value is -0.990. The Labute approximate surface area is 81.9 Å². The third kappa shape index (κ3) is 1.69. The van der Waals surface area contributed by atoms with Gasteiger partial charge in [0.15, 0.2) is 0 Å². The van der Waals surface area contributed by atoms with E-state index in [1.54, 1.807) is 7.11 Å². The summed E-state index contributed by atoms with van der Waals surface area (Å²) < 4.78 is 5.05. The highest BCUT2D eigenvalue weighted by atomic mass is 32.2. The van der Waals surface area contributed by atoms with E-state index < -0.39 is 0 Å². The summed E-state index contributed by atoms with van der Waals surface area (Å²) in [5.41, 5.74) is 0. The first kappa shape index (κ1) is 8.60. The van der Waals surface area contributed by atoms with Crippen molar-refractivity contribution in [1.82, 2.24) is 0 Å². The van der Waals surface area contributed by atoms with Crippen LogP contribution in [0.15, 0.2) is 47.4 Å². The quantitative estimate of drug-likeness (QED) is 0.670. The van der Waals surface area contributed by atoms with Gasteiger partial charge in [0.2, 0.25) is 0 Å². The van der Waals surface area contributed by atoms with Crippen LogP contribution in [0.1, 0.15) is 0 Å². The minimum absolute atomic E-state index is 1.17. The molecule has 13 heavy (non-hydrogen) atoms. The summed E-state index contributed by atoms with van der Waals surface area (Å²) in [7, 11) is 1.69. The average molecular weight is 190 g/mol. The van der Waals surface area contributed by atoms with Crippen LogP contribution in [0.5, 0.6) is 0 Å². The van der Waals surface area contributed by atoms with Crippen LogP contribution in [-0.2, 0) is 4.18 Å². The second kappa shape index (κ2) is 3.81. The van der Waals surface area contributed by atoms with Crippen LogP contribution in [0, 0.1) is 0 Å². The Kier molecular flexibility index (Phi) is 2.52. The largest absolute Gasteiger partial charge is 0.314 e. The van der Waals surface area contributed by atoms with Gasteiger partial charge in [-0.15, -0.1) is 0 Å². The molecule has 0 spiro atoms. The summed E-state index contributed by atoms with van der Waals surface area (Å²) in [6, 6.07) is 14.5. The second-order valence-corrected chi connectivity index (χ2v) is 3.67. The first-order valence-electron chi connectivity index (χ1n) is 4.10. The zero-order chi connectivity index (χ0) is 9.10. The van der Waals surface area contributed by atoms with Crippen molar-refractivity contribution in [2.45, 2.75) is 4.90 Å². The SMILES string of the molecule is COSc1cccc2ccccc12. The molecule has 0 radical (unpaired) electrons. The van der Waals surface area contributed by atoms with Gasteiger partial charge in [-0.1, -0.05) is 36.4 Å². The third-order valence-electron chi connectivity index (χ3n) is 1.92. The molecule has 2 heteroatoms. The minimum atomic E-state index is 1.17. The molecule has 1 nitrogen and oxygen atoms in total. The van der Waals surface area contributed by atoms with Crippen LogP contribution in [-0.4, -0.2) is 7.11 Å². The Balaban J connectivity index is 2.61. The summed E-state index contributed by atoms with van der Waals surface area (Å²) in [6.45, 7) is 0. The highest BCUT2D eigenvalue weighted by Crippen LogP contribution is 2.27. The van der Waals surface area contributed by atoms with E-state index in [4.69, 9.17) is 4.18 Å². The molecule has 0 heterocycles. The van der Waals surface area contributed by atoms with Gasteiger partial charge in [-0.2, -0.15) is 0 Å². The molecular weight excluding hydrogens is 180 g/mol. The number of hydrogen-bond acceptors (Lipinski definition) is 2. The fourth-order valence-corrected chi connectivity index (χ4v) is 1.95. The molecule has 0 aromatic heterocycles. The summed E-state index contributed by atoms with van der Waals surface area (Å²) in [4.78, 5) is 1.17. The molecular formula is C11H10OS. The number of fused-ring (bicyclic) bond motifs is 1. The van der Waals surface area contributed by atoms with E-state index in [9.17, 15) is 0 Å². The molecule has 0 N–H and O–H groups in total. The van der Waals surface area contributed by atoms with Gasteiger partial charge < -0.3 is 4.18 Å². The summed E-state index contributed by atoms with van der Waals surface area (Å²) in [6.07, 6.45) is 0. The smallest absolute Gasteiger partial charge is 0.0508 e. The van der Waals surface area contributed by atoms with Crippen molar-refractivity contribution in [2.24, 2.45) is 0 Å². The van der Waals surface area contributed by atoms with Crippen LogP contribution >= 0.6 is 12.0 Å². The van der Waals surface area contributed by atoms with Crippen molar-refractivity contribution in [3.63, 3.8) is 0 Å². The molecule has 66 valence electrons. The van der Waals surface area contributed by atoms with Crippen LogP contribution in [0.4, 0.5) is 0 Å². The molecule has 0 bridgehead atoms. The molecule has 0 atom stereocenters. The standard InChI is InChI=1S/C11H10OS/c1-12-13-11-8-4-6-9-5-2-3-7-10(9)11/h2-8H,1H3. The number of benzene rings is 2. The fourth-order valence-electron chi connectivity index (χ4n) is 1.36. The van der Waals surface area contributed by atoms with E-state index in [2.05, 4.69) is 24.3 Å². The summed E-state index contributed by atoms with van der Waals surface area (Å²) in [5, 5.41) is 2.50. The Morgan fingerprint density at radius 2 is 1.77 bits per heavy atom. The molecule has 0 saturated carbocycles. The van der Waals surface area contributed by atoms with Gasteiger partial charge in [0.1, 0.15) is 0 Å². The highest BCUT2D eigenvalue weighted by Gasteiger charge is 1.99. The summed E-state index contributed by atoms with van der Waals surface area (Å²) >= 11 is 1.40. The Bertz CT molecular complexity index is 406. The van der Waals surface area contributed by atoms with E-state index in [0.717, 1.165) is 0 Å². The van der Waals surface area contributed by atoms with Gasteiger partial charge in [-0.25, -0.2) is 0 Å². The second-order valence-electron chi connectivity index (χ2n) is 2.73. The van der Waals surface area contributed by atoms with Crippen molar-refractivity contribution in [3.05, 3.63) is 42.5 Å². The molecule has 0 amide bonds. The lowest BCUT2D eigenvalue weighted by Gasteiger charge is -2.02. The summed E-state index contributed by atoms with van der Waals surface area (Å²) in [5.74, 6) is 0. The molecule has 0 saturated heterocycles. The van der Waals surface area contributed by atoms with E-state index in [1.165, 1.54) is 27.7 Å². The maximum atomic E-state index is 5.05. The van der Waals surface area contributed by atoms with E-state index in [0.29, 0.717) is 0 Å². The van der Waals surface area contributed by atoms with Gasteiger partial charge in [-0.05, 0) is 16.8 Å². The van der Waals surface area contributed by atoms with Crippen molar-refractivity contribution in [3.8, 4) is 0 Å². The number of hydrogen-bond donors (Lipinski definition) is 0. The predicted molar refractivity (Wildman–Crippen MR) is 56.8 cm³/mol. The van der Waals surface area contributed by atoms with E-state index in [-0.39, 0.29) is 0 Å². The van der Waals surface area contributed by atoms with Gasteiger partial charge in [-0.3, -0.25) is 0 Å². The minimum Gasteiger partial charge on any atom is -0.314 e. The topological polar surface area (TPSA) is 9.23 Å². The lowest BCUT2D eigenvalue weighted by Crippen LogP contribution is -1.76. The lowest BCUT2D eigenvalue weighted by atomic mass is 10.1. The van der Waals surface area contributed by atoms with Gasteiger partial charge in [0.05, 0.1) is 7.11 Å². The maximum absolute atomic E-state index is 5.05. The molecule has 0 aliphatic rings. The molecule has 0 aliphatic carbocycles. The molecule has 2 rings (SSSR count). The van der Waals surface area contributed by atoms with Crippen LogP contribution < -0.4 is 0 Å². The first-order chi connectivity index (χ1) is 6.42. The molecule has 2 aromatic rings. The zero-order valence-corrected chi connectivity index (χ0v) is 8.17. The van der Waals surface area contributed by atoms with E-state index in [1.807, 2.05) is 18.2 Å². The maximum Gasteiger partial charge on any atom is 0.0508 e. The normalized spacial score (nSPS) is 10.5. The van der Waals surface area contributed by atoms with Crippen molar-refractivity contribution < 1.29 is 4.18 Å². The Morgan fingerprint density at radius 1 is 1.00 bits per heavy atom. The zero-order valence-electron chi connectivity index (χ0n) is 7.36. The van der Waals surface area contributed by atoms with Gasteiger partial charge >= 0.3 is 0 Å². The monoisotopic (exact) mass is 190 g/mol. The third-order valence-corrected chi connectivity index (χ3v) is 2.62. The first-order valence-corrected chi connectivity index (χ1v) is 4.84. The predicted octanol–water partition coefficient (Wildman–Crippen LogP) is 3.49. The van der Waals surface area contributed by atoms with Gasteiger partial charge in [0.25, 0.3) is 0 Å². The van der Waals surface area contributed by atoms with Crippen molar-refractivity contribution in [1.29, 1.82) is 0 Å². The van der Waals surface area contributed by atoms with Crippen LogP contribution in [0.25, 0.3) is 10.8 Å². The molecule has 2 aromatic carbocycles. The molecule has 0 aliphatic heterocycles. The average Bonchev–Trinajstić information content (AvgIpc) is 2.19. The van der Waals surface area contributed by atoms with Crippen LogP contribution in [0.3, 0.4) is 0 Å². The highest BCUT2D eigenvalue weighted by molar-refractivity contribution is 7.94. The van der Waals surface area contributed by atoms with Gasteiger partial charge in [0, 0.05) is 16.9 Å². The van der Waals surface area contributed by atoms with Crippen molar-refractivity contribution >= 4 is 22.8 Å². The molecule has 0 unspecified atom stereocenters.